The van der Waals surface area contributed by atoms with E-state index in [-0.39, 0.29) is 45.9 Å². The molecule has 0 aliphatic carbocycles. The van der Waals surface area contributed by atoms with Gasteiger partial charge in [-0.25, -0.2) is 9.98 Å². The Morgan fingerprint density at radius 1 is 0.643 bits per heavy atom. The average Bonchev–Trinajstić information content (AvgIpc) is 3.22. The normalized spacial score (nSPS) is 15.1. The van der Waals surface area contributed by atoms with Crippen LogP contribution in [0.25, 0.3) is 5.41 Å². The van der Waals surface area contributed by atoms with Gasteiger partial charge in [-0.15, -0.1) is 0 Å². The van der Waals surface area contributed by atoms with E-state index in [1.165, 1.54) is 0 Å². The number of fused-ring (bicyclic) bond motifs is 2. The van der Waals surface area contributed by atoms with Gasteiger partial charge < -0.3 is 27.4 Å². The number of hydrogen-bond donors (Lipinski definition) is 0. The van der Waals surface area contributed by atoms with Gasteiger partial charge in [0.25, 0.3) is 0 Å². The Kier molecular flexibility index (Phi) is 6.03. The molecule has 28 heavy (non-hydrogen) atoms. The first kappa shape index (κ1) is 20.3. The minimum absolute atomic E-state index is 0. The fourth-order valence-corrected chi connectivity index (χ4v) is 3.29. The van der Waals surface area contributed by atoms with Crippen LogP contribution in [-0.2, 0) is 0 Å². The van der Waals surface area contributed by atoms with Gasteiger partial charge >= 0.3 is 23.1 Å². The van der Waals surface area contributed by atoms with Crippen LogP contribution in [0, 0.1) is 0 Å². The quantitative estimate of drug-likeness (QED) is 0.503. The molecule has 4 nitrogen and oxygen atoms in total. The van der Waals surface area contributed by atoms with Crippen molar-refractivity contribution in [2.45, 2.75) is 0 Å². The van der Waals surface area contributed by atoms with Crippen LogP contribution in [-0.4, -0.2) is 46.3 Å². The maximum atomic E-state index is 10.1. The van der Waals surface area contributed by atoms with Crippen molar-refractivity contribution in [2.75, 3.05) is 0 Å². The molecule has 0 radical (unpaired) electrons. The molecule has 0 fully saturated rings. The second-order valence-electron chi connectivity index (χ2n) is 6.11. The van der Waals surface area contributed by atoms with Gasteiger partial charge in [0.15, 0.2) is 5.84 Å². The Morgan fingerprint density at radius 3 is 1.93 bits per heavy atom. The third kappa shape index (κ3) is 3.39. The molecule has 0 spiro atoms. The molecule has 0 N–H and O–H groups in total. The van der Waals surface area contributed by atoms with E-state index in [4.69, 9.17) is 4.99 Å². The summed E-state index contributed by atoms with van der Waals surface area (Å²) < 4.78 is 0. The summed E-state index contributed by atoms with van der Waals surface area (Å²) in [7, 11) is 0. The van der Waals surface area contributed by atoms with Crippen LogP contribution in [0.2, 0.25) is 0 Å². The molecule has 0 amide bonds. The molecular weight excluding hydrogens is 424 g/mol. The minimum Gasteiger partial charge on any atom is -1.00 e. The molecule has 0 saturated carbocycles. The Labute approximate surface area is 189 Å². The molecule has 0 atom stereocenters. The first-order valence-electron chi connectivity index (χ1n) is 8.38. The minimum atomic E-state index is -0.00139. The van der Waals surface area contributed by atoms with Crippen LogP contribution in [0.4, 0.5) is 0 Å². The monoisotopic (exact) mass is 436 g/mol. The molecule has 2 aliphatic heterocycles. The zero-order valence-corrected chi connectivity index (χ0v) is 17.9. The van der Waals surface area contributed by atoms with Gasteiger partial charge in [-0.2, -0.15) is 0 Å². The number of benzene rings is 3. The largest absolute Gasteiger partial charge is 2.00 e. The van der Waals surface area contributed by atoms with Gasteiger partial charge in [0.05, 0.1) is 11.5 Å². The molecule has 2 aliphatic rings. The number of halogens is 1. The smallest absolute Gasteiger partial charge is 1.00 e. The van der Waals surface area contributed by atoms with E-state index >= 15 is 0 Å². The Bertz CT molecular complexity index is 1150. The molecule has 0 saturated heterocycles. The predicted octanol–water partition coefficient (Wildman–Crippen LogP) is 0.684. The van der Waals surface area contributed by atoms with Crippen LogP contribution < -0.4 is 17.0 Å². The first-order chi connectivity index (χ1) is 12.8. The van der Waals surface area contributed by atoms with E-state index in [2.05, 4.69) is 16.1 Å². The van der Waals surface area contributed by atoms with Gasteiger partial charge in [-0.05, 0) is 5.56 Å². The van der Waals surface area contributed by atoms with Crippen molar-refractivity contribution in [2.24, 2.45) is 15.0 Å². The predicted molar refractivity (Wildman–Crippen MR) is 111 cm³/mol. The molecular formula is C22H13BrMgN4. The molecule has 0 bridgehead atoms. The zero-order chi connectivity index (χ0) is 17.5. The molecule has 0 unspecified atom stereocenters. The van der Waals surface area contributed by atoms with Gasteiger partial charge in [0.2, 0.25) is 0 Å². The van der Waals surface area contributed by atoms with E-state index in [9.17, 15) is 5.41 Å². The summed E-state index contributed by atoms with van der Waals surface area (Å²) in [5.41, 5.74) is 5.49. The summed E-state index contributed by atoms with van der Waals surface area (Å²) in [5, 5.41) is 10.1. The fourth-order valence-electron chi connectivity index (χ4n) is 3.29. The molecule has 3 aromatic carbocycles. The standard InChI is InChI=1S/C22H13N4.BrH.Mg/c23-20-16-11-5-7-13-18(16)22(25-20)26-21-17-12-6-4-10-15(17)19(24-21)14-8-2-1-3-9-14;;/h1-13H;1H;/q-1;;+2/p-1. The molecule has 0 aromatic heterocycles. The second-order valence-corrected chi connectivity index (χ2v) is 6.11. The van der Waals surface area contributed by atoms with Crippen molar-refractivity contribution in [3.63, 3.8) is 0 Å². The third-order valence-electron chi connectivity index (χ3n) is 4.52. The summed E-state index contributed by atoms with van der Waals surface area (Å²) in [5.74, 6) is 1.10. The number of hydrogen-bond acceptors (Lipinski definition) is 1. The van der Waals surface area contributed by atoms with Crippen LogP contribution in [0.3, 0.4) is 0 Å². The van der Waals surface area contributed by atoms with E-state index < -0.39 is 0 Å². The Morgan fingerprint density at radius 2 is 1.21 bits per heavy atom. The topological polar surface area (TPSA) is 59.4 Å². The number of nitrogens with zero attached hydrogens (tertiary/aromatic N) is 4. The molecule has 6 heteroatoms. The first-order valence-corrected chi connectivity index (χ1v) is 8.38. The maximum absolute atomic E-state index is 10.1. The Balaban J connectivity index is 0.00000112. The van der Waals surface area contributed by atoms with Gasteiger partial charge in [0.1, 0.15) is 0 Å². The van der Waals surface area contributed by atoms with E-state index in [0.717, 1.165) is 28.0 Å². The van der Waals surface area contributed by atoms with Crippen LogP contribution >= 0.6 is 0 Å². The van der Waals surface area contributed by atoms with E-state index in [0.29, 0.717) is 17.2 Å². The van der Waals surface area contributed by atoms with E-state index in [1.54, 1.807) is 0 Å². The molecule has 3 aromatic rings. The summed E-state index contributed by atoms with van der Waals surface area (Å²) in [6, 6.07) is 25.6. The summed E-state index contributed by atoms with van der Waals surface area (Å²) >= 11 is 0. The van der Waals surface area contributed by atoms with Crippen molar-refractivity contribution < 1.29 is 17.0 Å². The molecule has 5 rings (SSSR count). The molecule has 2 heterocycles. The fraction of sp³-hybridized carbons (Fsp3) is 0. The van der Waals surface area contributed by atoms with Crippen molar-refractivity contribution in [3.8, 4) is 0 Å². The van der Waals surface area contributed by atoms with Crippen LogP contribution in [0.1, 0.15) is 27.8 Å². The second kappa shape index (κ2) is 8.30. The number of rotatable bonds is 1. The number of amidine groups is 3. The van der Waals surface area contributed by atoms with Crippen molar-refractivity contribution in [3.05, 3.63) is 112 Å². The zero-order valence-electron chi connectivity index (χ0n) is 14.9. The van der Waals surface area contributed by atoms with Crippen LogP contribution in [0.15, 0.2) is 93.8 Å². The average molecular weight is 438 g/mol. The molecule has 130 valence electrons. The van der Waals surface area contributed by atoms with Crippen LogP contribution in [0.5, 0.6) is 0 Å². The van der Waals surface area contributed by atoms with Gasteiger partial charge in [0, 0.05) is 22.3 Å². The summed E-state index contributed by atoms with van der Waals surface area (Å²) in [4.78, 5) is 13.7. The van der Waals surface area contributed by atoms with Crippen molar-refractivity contribution in [1.29, 1.82) is 0 Å². The summed E-state index contributed by atoms with van der Waals surface area (Å²) in [6.45, 7) is 0. The Hall–Kier alpha value is -2.41. The van der Waals surface area contributed by atoms with Gasteiger partial charge in [-0.3, -0.25) is 0 Å². The van der Waals surface area contributed by atoms with Crippen molar-refractivity contribution >= 4 is 46.3 Å². The maximum Gasteiger partial charge on any atom is 2.00 e. The number of aliphatic imine (C=N–C) groups is 3. The third-order valence-corrected chi connectivity index (χ3v) is 4.52. The van der Waals surface area contributed by atoms with Gasteiger partial charge in [-0.1, -0.05) is 84.7 Å². The van der Waals surface area contributed by atoms with Crippen molar-refractivity contribution in [1.82, 2.24) is 0 Å². The van der Waals surface area contributed by atoms with E-state index in [1.807, 2.05) is 72.8 Å². The summed E-state index contributed by atoms with van der Waals surface area (Å²) in [6.07, 6.45) is 0. The SMILES string of the molecule is [Br-].[Mg+2].[N-]=C1N=C(N=C2N=C(c3ccccc3)c3ccccc32)c2ccccc21.